The Morgan fingerprint density at radius 1 is 1.39 bits per heavy atom. The maximum absolute atomic E-state index is 13.7. The predicted octanol–water partition coefficient (Wildman–Crippen LogP) is 3.39. The maximum Gasteiger partial charge on any atom is 0.128 e. The Hall–Kier alpha value is -0.450. The minimum Gasteiger partial charge on any atom is -0.327 e. The minimum atomic E-state index is -0.163. The van der Waals surface area contributed by atoms with Gasteiger partial charge >= 0.3 is 0 Å². The van der Waals surface area contributed by atoms with Crippen LogP contribution < -0.4 is 5.73 Å². The third-order valence-electron chi connectivity index (χ3n) is 3.16. The molecule has 0 amide bonds. The van der Waals surface area contributed by atoms with Gasteiger partial charge in [0.25, 0.3) is 0 Å². The van der Waals surface area contributed by atoms with Crippen molar-refractivity contribution in [2.75, 3.05) is 13.6 Å². The smallest absolute Gasteiger partial charge is 0.128 e. The topological polar surface area (TPSA) is 29.3 Å². The molecule has 0 radical (unpaired) electrons. The molecule has 2 nitrogen and oxygen atoms in total. The zero-order valence-electron chi connectivity index (χ0n) is 11.3. The van der Waals surface area contributed by atoms with Crippen molar-refractivity contribution >= 4 is 15.9 Å². The van der Waals surface area contributed by atoms with Crippen LogP contribution in [0.4, 0.5) is 4.39 Å². The van der Waals surface area contributed by atoms with Crippen LogP contribution in [0.1, 0.15) is 25.8 Å². The molecule has 0 aliphatic carbocycles. The zero-order valence-corrected chi connectivity index (χ0v) is 12.9. The molecule has 0 aromatic heterocycles. The molecular weight excluding hydrogens is 295 g/mol. The van der Waals surface area contributed by atoms with E-state index in [2.05, 4.69) is 34.7 Å². The highest BCUT2D eigenvalue weighted by Gasteiger charge is 2.10. The van der Waals surface area contributed by atoms with E-state index in [4.69, 9.17) is 5.73 Å². The first-order chi connectivity index (χ1) is 8.40. The Bertz CT molecular complexity index is 382. The van der Waals surface area contributed by atoms with Crippen LogP contribution in [0.15, 0.2) is 22.7 Å². The van der Waals surface area contributed by atoms with E-state index in [1.54, 1.807) is 0 Å². The normalized spacial score (nSPS) is 13.3. The highest BCUT2D eigenvalue weighted by atomic mass is 79.9. The van der Waals surface area contributed by atoms with Gasteiger partial charge < -0.3 is 10.6 Å². The Kier molecular flexibility index (Phi) is 6.26. The molecule has 1 atom stereocenters. The molecule has 18 heavy (non-hydrogen) atoms. The summed E-state index contributed by atoms with van der Waals surface area (Å²) in [6.45, 7) is 5.75. The lowest BCUT2D eigenvalue weighted by Gasteiger charge is -2.21. The Morgan fingerprint density at radius 2 is 2.06 bits per heavy atom. The first-order valence-electron chi connectivity index (χ1n) is 6.28. The van der Waals surface area contributed by atoms with Crippen molar-refractivity contribution in [3.8, 4) is 0 Å². The Morgan fingerprint density at radius 3 is 2.61 bits per heavy atom. The highest BCUT2D eigenvalue weighted by Crippen LogP contribution is 2.16. The largest absolute Gasteiger partial charge is 0.327 e. The van der Waals surface area contributed by atoms with Crippen molar-refractivity contribution in [1.29, 1.82) is 0 Å². The van der Waals surface area contributed by atoms with Crippen LogP contribution in [0.3, 0.4) is 0 Å². The van der Waals surface area contributed by atoms with E-state index in [1.165, 1.54) is 6.07 Å². The molecule has 0 aliphatic heterocycles. The van der Waals surface area contributed by atoms with Gasteiger partial charge in [-0.1, -0.05) is 35.8 Å². The molecule has 0 fully saturated rings. The molecule has 2 N–H and O–H groups in total. The van der Waals surface area contributed by atoms with E-state index in [0.717, 1.165) is 23.0 Å². The van der Waals surface area contributed by atoms with Crippen LogP contribution in [0.25, 0.3) is 0 Å². The van der Waals surface area contributed by atoms with Gasteiger partial charge in [0.1, 0.15) is 5.82 Å². The van der Waals surface area contributed by atoms with Crippen molar-refractivity contribution in [2.24, 2.45) is 11.7 Å². The first kappa shape index (κ1) is 15.6. The SMILES string of the molecule is CC(C)C(N)CCN(C)Cc1ccc(Br)cc1F. The van der Waals surface area contributed by atoms with Gasteiger partial charge in [-0.2, -0.15) is 0 Å². The standard InChI is InChI=1S/C14H22BrFN2/c1-10(2)14(17)6-7-18(3)9-11-4-5-12(15)8-13(11)16/h4-5,8,10,14H,6-7,9,17H2,1-3H3. The summed E-state index contributed by atoms with van der Waals surface area (Å²) in [5, 5.41) is 0. The van der Waals surface area contributed by atoms with Gasteiger partial charge in [-0.3, -0.25) is 0 Å². The number of benzene rings is 1. The molecule has 0 saturated carbocycles. The zero-order chi connectivity index (χ0) is 13.7. The summed E-state index contributed by atoms with van der Waals surface area (Å²) in [4.78, 5) is 2.11. The lowest BCUT2D eigenvalue weighted by molar-refractivity contribution is 0.292. The van der Waals surface area contributed by atoms with E-state index in [0.29, 0.717) is 12.5 Å². The van der Waals surface area contributed by atoms with Gasteiger partial charge in [0.2, 0.25) is 0 Å². The summed E-state index contributed by atoms with van der Waals surface area (Å²) in [7, 11) is 1.99. The number of halogens is 2. The fourth-order valence-corrected chi connectivity index (χ4v) is 2.06. The fourth-order valence-electron chi connectivity index (χ4n) is 1.72. The molecule has 0 heterocycles. The van der Waals surface area contributed by atoms with Gasteiger partial charge in [0.05, 0.1) is 0 Å². The molecule has 102 valence electrons. The highest BCUT2D eigenvalue weighted by molar-refractivity contribution is 9.10. The van der Waals surface area contributed by atoms with Gasteiger partial charge in [0.15, 0.2) is 0 Å². The lowest BCUT2D eigenvalue weighted by Crippen LogP contribution is -2.31. The van der Waals surface area contributed by atoms with Gasteiger partial charge in [-0.05, 0) is 38.1 Å². The number of rotatable bonds is 6. The van der Waals surface area contributed by atoms with Crippen LogP contribution in [0.5, 0.6) is 0 Å². The van der Waals surface area contributed by atoms with Crippen molar-refractivity contribution in [1.82, 2.24) is 4.90 Å². The molecule has 0 spiro atoms. The quantitative estimate of drug-likeness (QED) is 0.871. The van der Waals surface area contributed by atoms with E-state index < -0.39 is 0 Å². The summed E-state index contributed by atoms with van der Waals surface area (Å²) in [5.41, 5.74) is 6.72. The minimum absolute atomic E-state index is 0.163. The van der Waals surface area contributed by atoms with Crippen LogP contribution in [-0.4, -0.2) is 24.5 Å². The van der Waals surface area contributed by atoms with E-state index in [1.807, 2.05) is 19.2 Å². The molecule has 1 aromatic rings. The molecule has 0 saturated heterocycles. The first-order valence-corrected chi connectivity index (χ1v) is 7.07. The average Bonchev–Trinajstić information content (AvgIpc) is 2.29. The Labute approximate surface area is 117 Å². The van der Waals surface area contributed by atoms with Crippen molar-refractivity contribution < 1.29 is 4.39 Å². The maximum atomic E-state index is 13.7. The van der Waals surface area contributed by atoms with Gasteiger partial charge in [-0.15, -0.1) is 0 Å². The molecule has 0 bridgehead atoms. The summed E-state index contributed by atoms with van der Waals surface area (Å²) in [5.74, 6) is 0.326. The lowest BCUT2D eigenvalue weighted by atomic mass is 10.0. The van der Waals surface area contributed by atoms with Crippen LogP contribution in [0, 0.1) is 11.7 Å². The second kappa shape index (κ2) is 7.22. The number of nitrogens with zero attached hydrogens (tertiary/aromatic N) is 1. The fraction of sp³-hybridized carbons (Fsp3) is 0.571. The second-order valence-corrected chi connectivity index (χ2v) is 6.09. The average molecular weight is 317 g/mol. The monoisotopic (exact) mass is 316 g/mol. The van der Waals surface area contributed by atoms with Crippen LogP contribution in [0.2, 0.25) is 0 Å². The van der Waals surface area contributed by atoms with Gasteiger partial charge in [-0.25, -0.2) is 4.39 Å². The number of nitrogens with two attached hydrogens (primary N) is 1. The summed E-state index contributed by atoms with van der Waals surface area (Å²) in [6.07, 6.45) is 0.937. The third-order valence-corrected chi connectivity index (χ3v) is 3.65. The second-order valence-electron chi connectivity index (χ2n) is 5.17. The van der Waals surface area contributed by atoms with E-state index in [9.17, 15) is 4.39 Å². The molecule has 0 aliphatic rings. The molecular formula is C14H22BrFN2. The van der Waals surface area contributed by atoms with Gasteiger partial charge in [0, 0.05) is 22.6 Å². The predicted molar refractivity (Wildman–Crippen MR) is 77.9 cm³/mol. The summed E-state index contributed by atoms with van der Waals surface area (Å²) < 4.78 is 14.4. The van der Waals surface area contributed by atoms with E-state index >= 15 is 0 Å². The van der Waals surface area contributed by atoms with Crippen LogP contribution >= 0.6 is 15.9 Å². The van der Waals surface area contributed by atoms with Crippen molar-refractivity contribution in [3.63, 3.8) is 0 Å². The van der Waals surface area contributed by atoms with Crippen molar-refractivity contribution in [2.45, 2.75) is 32.9 Å². The number of hydrogen-bond acceptors (Lipinski definition) is 2. The molecule has 1 aromatic carbocycles. The number of hydrogen-bond donors (Lipinski definition) is 1. The van der Waals surface area contributed by atoms with E-state index in [-0.39, 0.29) is 11.9 Å². The summed E-state index contributed by atoms with van der Waals surface area (Å²) >= 11 is 3.26. The molecule has 1 rings (SSSR count). The Balaban J connectivity index is 2.47. The third kappa shape index (κ3) is 5.04. The van der Waals surface area contributed by atoms with Crippen LogP contribution in [-0.2, 0) is 6.54 Å². The summed E-state index contributed by atoms with van der Waals surface area (Å²) in [6, 6.07) is 5.40. The van der Waals surface area contributed by atoms with Crippen molar-refractivity contribution in [3.05, 3.63) is 34.1 Å². The molecule has 1 unspecified atom stereocenters. The molecule has 4 heteroatoms.